The number of rotatable bonds is 3. The van der Waals surface area contributed by atoms with E-state index in [4.69, 9.17) is 0 Å². The summed E-state index contributed by atoms with van der Waals surface area (Å²) in [5, 5.41) is 3.29. The van der Waals surface area contributed by atoms with E-state index in [1.165, 1.54) is 0 Å². The minimum Gasteiger partial charge on any atom is -0.383 e. The third-order valence-corrected chi connectivity index (χ3v) is 3.22. The molecule has 1 fully saturated rings. The van der Waals surface area contributed by atoms with Gasteiger partial charge in [0, 0.05) is 44.1 Å². The molecule has 1 aromatic rings. The first-order valence-corrected chi connectivity index (χ1v) is 6.76. The Balaban J connectivity index is 2.06. The number of hydrogen-bond donors (Lipinski definition) is 1. The Kier molecular flexibility index (Phi) is 4.37. The van der Waals surface area contributed by atoms with Crippen LogP contribution in [-0.4, -0.2) is 60.0 Å². The van der Waals surface area contributed by atoms with Gasteiger partial charge < -0.3 is 15.1 Å². The van der Waals surface area contributed by atoms with Gasteiger partial charge in [0.2, 0.25) is 0 Å². The van der Waals surface area contributed by atoms with Crippen LogP contribution in [0.2, 0.25) is 0 Å². The summed E-state index contributed by atoms with van der Waals surface area (Å²) in [6.07, 6.45) is 1.69. The predicted octanol–water partition coefficient (Wildman–Crippen LogP) is 1.29. The molecule has 1 aromatic heterocycles. The molecule has 1 aliphatic heterocycles. The van der Waals surface area contributed by atoms with Gasteiger partial charge in [-0.05, 0) is 33.0 Å². The van der Waals surface area contributed by atoms with Gasteiger partial charge in [0.05, 0.1) is 0 Å². The van der Waals surface area contributed by atoms with Crippen molar-refractivity contribution in [3.8, 4) is 0 Å². The van der Waals surface area contributed by atoms with Gasteiger partial charge in [-0.2, -0.15) is 0 Å². The highest BCUT2D eigenvalue weighted by molar-refractivity contribution is 5.93. The number of carbonyl (C=O) groups is 1. The fraction of sp³-hybridized carbons (Fsp3) is 0.571. The molecule has 5 nitrogen and oxygen atoms in total. The summed E-state index contributed by atoms with van der Waals surface area (Å²) in [6.45, 7) is 7.55. The number of anilines is 1. The van der Waals surface area contributed by atoms with Gasteiger partial charge in [0.25, 0.3) is 5.91 Å². The Morgan fingerprint density at radius 3 is 2.63 bits per heavy atom. The molecule has 0 atom stereocenters. The quantitative estimate of drug-likeness (QED) is 0.891. The minimum atomic E-state index is 0.0282. The summed E-state index contributed by atoms with van der Waals surface area (Å²) in [4.78, 5) is 20.7. The second-order valence-electron chi connectivity index (χ2n) is 5.32. The lowest BCUT2D eigenvalue weighted by Crippen LogP contribution is -2.47. The molecule has 0 bridgehead atoms. The lowest BCUT2D eigenvalue weighted by Gasteiger charge is -2.32. The number of hydrogen-bond acceptors (Lipinski definition) is 4. The van der Waals surface area contributed by atoms with Crippen LogP contribution in [-0.2, 0) is 0 Å². The van der Waals surface area contributed by atoms with E-state index in [-0.39, 0.29) is 5.91 Å². The molecule has 0 aliphatic carbocycles. The molecule has 0 spiro atoms. The number of nitrogens with one attached hydrogen (secondary N) is 1. The molecule has 2 rings (SSSR count). The van der Waals surface area contributed by atoms with Crippen LogP contribution in [0.1, 0.15) is 24.3 Å². The number of pyridine rings is 1. The first-order valence-electron chi connectivity index (χ1n) is 6.76. The van der Waals surface area contributed by atoms with Gasteiger partial charge in [-0.25, -0.2) is 0 Å². The van der Waals surface area contributed by atoms with E-state index in [0.717, 1.165) is 31.9 Å². The Hall–Kier alpha value is -1.62. The van der Waals surface area contributed by atoms with Crippen LogP contribution in [0.25, 0.3) is 0 Å². The molecule has 1 aliphatic rings. The number of amides is 1. The topological polar surface area (TPSA) is 48.5 Å². The van der Waals surface area contributed by atoms with Crippen LogP contribution >= 0.6 is 0 Å². The van der Waals surface area contributed by atoms with Crippen molar-refractivity contribution >= 4 is 11.6 Å². The average Bonchev–Trinajstić information content (AvgIpc) is 2.38. The maximum Gasteiger partial charge on any atom is 0.272 e. The number of piperazine rings is 1. The maximum absolute atomic E-state index is 12.4. The molecule has 19 heavy (non-hydrogen) atoms. The van der Waals surface area contributed by atoms with E-state index >= 15 is 0 Å². The van der Waals surface area contributed by atoms with Crippen LogP contribution in [0.15, 0.2) is 18.3 Å². The zero-order chi connectivity index (χ0) is 13.8. The van der Waals surface area contributed by atoms with E-state index in [9.17, 15) is 4.79 Å². The van der Waals surface area contributed by atoms with Crippen molar-refractivity contribution in [1.29, 1.82) is 0 Å². The summed E-state index contributed by atoms with van der Waals surface area (Å²) >= 11 is 0. The smallest absolute Gasteiger partial charge is 0.272 e. The normalized spacial score (nSPS) is 16.7. The lowest BCUT2D eigenvalue weighted by molar-refractivity contribution is 0.0658. The summed E-state index contributed by atoms with van der Waals surface area (Å²) in [6, 6.07) is 4.07. The molecule has 0 radical (unpaired) electrons. The Morgan fingerprint density at radius 1 is 1.32 bits per heavy atom. The van der Waals surface area contributed by atoms with Crippen molar-refractivity contribution in [3.63, 3.8) is 0 Å². The summed E-state index contributed by atoms with van der Waals surface area (Å²) < 4.78 is 0. The average molecular weight is 262 g/mol. The third-order valence-electron chi connectivity index (χ3n) is 3.22. The molecule has 1 saturated heterocycles. The molecular weight excluding hydrogens is 240 g/mol. The summed E-state index contributed by atoms with van der Waals surface area (Å²) in [5.74, 6) is 0.0282. The highest BCUT2D eigenvalue weighted by Crippen LogP contribution is 2.12. The number of nitrogens with zero attached hydrogens (tertiary/aromatic N) is 3. The van der Waals surface area contributed by atoms with Crippen molar-refractivity contribution in [2.45, 2.75) is 19.9 Å². The van der Waals surface area contributed by atoms with Gasteiger partial charge in [-0.1, -0.05) is 0 Å². The molecule has 0 unspecified atom stereocenters. The molecule has 1 amide bonds. The Morgan fingerprint density at radius 2 is 2.00 bits per heavy atom. The molecule has 2 heterocycles. The van der Waals surface area contributed by atoms with E-state index < -0.39 is 0 Å². The summed E-state index contributed by atoms with van der Waals surface area (Å²) in [7, 11) is 2.08. The zero-order valence-electron chi connectivity index (χ0n) is 11.9. The SMILES string of the molecule is CC(C)Nc1ccnc(C(=O)N2CCN(C)CC2)c1. The van der Waals surface area contributed by atoms with Gasteiger partial charge >= 0.3 is 0 Å². The predicted molar refractivity (Wildman–Crippen MR) is 76.4 cm³/mol. The molecule has 1 N–H and O–H groups in total. The lowest BCUT2D eigenvalue weighted by atomic mass is 10.2. The second kappa shape index (κ2) is 6.02. The van der Waals surface area contributed by atoms with Gasteiger partial charge in [-0.3, -0.25) is 9.78 Å². The fourth-order valence-electron chi connectivity index (χ4n) is 2.14. The van der Waals surface area contributed by atoms with Crippen molar-refractivity contribution in [2.24, 2.45) is 0 Å². The number of aromatic nitrogens is 1. The number of likely N-dealkylation sites (N-methyl/N-ethyl adjacent to an activating group) is 1. The zero-order valence-corrected chi connectivity index (χ0v) is 11.9. The number of carbonyl (C=O) groups excluding carboxylic acids is 1. The van der Waals surface area contributed by atoms with Gasteiger partial charge in [0.15, 0.2) is 0 Å². The largest absolute Gasteiger partial charge is 0.383 e. The van der Waals surface area contributed by atoms with Crippen molar-refractivity contribution in [3.05, 3.63) is 24.0 Å². The third kappa shape index (κ3) is 3.67. The van der Waals surface area contributed by atoms with Crippen molar-refractivity contribution in [1.82, 2.24) is 14.8 Å². The van der Waals surface area contributed by atoms with Gasteiger partial charge in [-0.15, -0.1) is 0 Å². The van der Waals surface area contributed by atoms with E-state index in [2.05, 4.69) is 36.1 Å². The molecule has 5 heteroatoms. The van der Waals surface area contributed by atoms with Crippen LogP contribution in [0, 0.1) is 0 Å². The van der Waals surface area contributed by atoms with Gasteiger partial charge in [0.1, 0.15) is 5.69 Å². The highest BCUT2D eigenvalue weighted by atomic mass is 16.2. The van der Waals surface area contributed by atoms with Crippen LogP contribution in [0.3, 0.4) is 0 Å². The standard InChI is InChI=1S/C14H22N4O/c1-11(2)16-12-4-5-15-13(10-12)14(19)18-8-6-17(3)7-9-18/h4-5,10-11H,6-9H2,1-3H3,(H,15,16). The van der Waals surface area contributed by atoms with Crippen LogP contribution < -0.4 is 5.32 Å². The van der Waals surface area contributed by atoms with Crippen molar-refractivity contribution < 1.29 is 4.79 Å². The molecule has 0 aromatic carbocycles. The van der Waals surface area contributed by atoms with E-state index in [1.807, 2.05) is 17.0 Å². The maximum atomic E-state index is 12.4. The van der Waals surface area contributed by atoms with Crippen molar-refractivity contribution in [2.75, 3.05) is 38.5 Å². The van der Waals surface area contributed by atoms with E-state index in [1.54, 1.807) is 6.20 Å². The minimum absolute atomic E-state index is 0.0282. The van der Waals surface area contributed by atoms with E-state index in [0.29, 0.717) is 11.7 Å². The first kappa shape index (κ1) is 13.8. The van der Waals surface area contributed by atoms with Crippen LogP contribution in [0.4, 0.5) is 5.69 Å². The summed E-state index contributed by atoms with van der Waals surface area (Å²) in [5.41, 5.74) is 1.47. The molecule has 0 saturated carbocycles. The highest BCUT2D eigenvalue weighted by Gasteiger charge is 2.21. The Bertz CT molecular complexity index is 439. The molecule has 104 valence electrons. The molecular formula is C14H22N4O. The monoisotopic (exact) mass is 262 g/mol. The second-order valence-corrected chi connectivity index (χ2v) is 5.32. The van der Waals surface area contributed by atoms with Crippen LogP contribution in [0.5, 0.6) is 0 Å². The Labute approximate surface area is 114 Å². The fourth-order valence-corrected chi connectivity index (χ4v) is 2.14. The first-order chi connectivity index (χ1) is 9.06.